The molecular formula is C22H23N3O. The lowest BCUT2D eigenvalue weighted by Gasteiger charge is -2.24. The average Bonchev–Trinajstić information content (AvgIpc) is 2.68. The fourth-order valence-electron chi connectivity index (χ4n) is 2.91. The van der Waals surface area contributed by atoms with Gasteiger partial charge in [0.25, 0.3) is 0 Å². The molecule has 3 rings (SSSR count). The number of rotatable bonds is 7. The number of para-hydroxylation sites is 1. The number of nitrogens with one attached hydrogen (secondary N) is 1. The van der Waals surface area contributed by atoms with Crippen LogP contribution in [0, 0.1) is 0 Å². The average molecular weight is 345 g/mol. The van der Waals surface area contributed by atoms with E-state index in [2.05, 4.69) is 22.4 Å². The molecule has 1 amide bonds. The predicted octanol–water partition coefficient (Wildman–Crippen LogP) is 3.97. The van der Waals surface area contributed by atoms with Crippen molar-refractivity contribution in [1.29, 1.82) is 0 Å². The fraction of sp³-hybridized carbons (Fsp3) is 0.182. The van der Waals surface area contributed by atoms with Crippen LogP contribution in [0.1, 0.15) is 12.5 Å². The highest BCUT2D eigenvalue weighted by atomic mass is 16.2. The topological polar surface area (TPSA) is 45.2 Å². The molecule has 1 unspecified atom stereocenters. The Morgan fingerprint density at radius 1 is 0.962 bits per heavy atom. The van der Waals surface area contributed by atoms with E-state index in [-0.39, 0.29) is 18.5 Å². The van der Waals surface area contributed by atoms with E-state index in [1.54, 1.807) is 6.20 Å². The summed E-state index contributed by atoms with van der Waals surface area (Å²) in [6, 6.07) is 25.8. The van der Waals surface area contributed by atoms with E-state index in [1.807, 2.05) is 78.6 Å². The van der Waals surface area contributed by atoms with Gasteiger partial charge in [-0.2, -0.15) is 0 Å². The maximum Gasteiger partial charge on any atom is 0.240 e. The van der Waals surface area contributed by atoms with Crippen molar-refractivity contribution in [2.24, 2.45) is 0 Å². The van der Waals surface area contributed by atoms with Crippen molar-refractivity contribution in [1.82, 2.24) is 10.3 Å². The molecule has 1 heterocycles. The number of anilines is 2. The Labute approximate surface area is 154 Å². The van der Waals surface area contributed by atoms with Gasteiger partial charge in [-0.1, -0.05) is 54.6 Å². The van der Waals surface area contributed by atoms with Gasteiger partial charge in [0, 0.05) is 17.9 Å². The summed E-state index contributed by atoms with van der Waals surface area (Å²) in [4.78, 5) is 18.9. The van der Waals surface area contributed by atoms with Gasteiger partial charge in [-0.05, 0) is 43.2 Å². The van der Waals surface area contributed by atoms with E-state index in [9.17, 15) is 4.79 Å². The Balaban J connectivity index is 1.68. The first kappa shape index (κ1) is 17.7. The van der Waals surface area contributed by atoms with Gasteiger partial charge in [-0.3, -0.25) is 4.79 Å². The third-order valence-corrected chi connectivity index (χ3v) is 4.09. The van der Waals surface area contributed by atoms with Crippen molar-refractivity contribution in [3.63, 3.8) is 0 Å². The van der Waals surface area contributed by atoms with E-state index in [1.165, 1.54) is 5.56 Å². The Morgan fingerprint density at radius 3 is 2.27 bits per heavy atom. The first-order valence-corrected chi connectivity index (χ1v) is 8.79. The second kappa shape index (κ2) is 8.81. The lowest BCUT2D eigenvalue weighted by atomic mass is 10.1. The third-order valence-electron chi connectivity index (χ3n) is 4.09. The molecule has 1 atom stereocenters. The van der Waals surface area contributed by atoms with Crippen molar-refractivity contribution in [2.75, 3.05) is 11.4 Å². The van der Waals surface area contributed by atoms with Gasteiger partial charge >= 0.3 is 0 Å². The van der Waals surface area contributed by atoms with Gasteiger partial charge in [-0.25, -0.2) is 4.98 Å². The summed E-state index contributed by atoms with van der Waals surface area (Å²) in [5.41, 5.74) is 2.15. The quantitative estimate of drug-likeness (QED) is 0.705. The highest BCUT2D eigenvalue weighted by Crippen LogP contribution is 2.22. The number of pyridine rings is 1. The molecule has 0 fully saturated rings. The Morgan fingerprint density at radius 2 is 1.62 bits per heavy atom. The van der Waals surface area contributed by atoms with E-state index in [0.29, 0.717) is 0 Å². The lowest BCUT2D eigenvalue weighted by Crippen LogP contribution is -2.40. The number of hydrogen-bond acceptors (Lipinski definition) is 3. The summed E-state index contributed by atoms with van der Waals surface area (Å²) in [7, 11) is 0. The Kier molecular flexibility index (Phi) is 5.99. The zero-order valence-corrected chi connectivity index (χ0v) is 14.9. The molecule has 2 aromatic carbocycles. The maximum atomic E-state index is 12.6. The van der Waals surface area contributed by atoms with Crippen LogP contribution < -0.4 is 10.2 Å². The second-order valence-corrected chi connectivity index (χ2v) is 6.27. The number of hydrogen-bond donors (Lipinski definition) is 1. The molecule has 1 aromatic heterocycles. The van der Waals surface area contributed by atoms with Gasteiger partial charge < -0.3 is 10.2 Å². The van der Waals surface area contributed by atoms with Crippen molar-refractivity contribution in [3.05, 3.63) is 90.6 Å². The second-order valence-electron chi connectivity index (χ2n) is 6.27. The summed E-state index contributed by atoms with van der Waals surface area (Å²) in [5, 5.41) is 3.09. The van der Waals surface area contributed by atoms with Gasteiger partial charge in [0.15, 0.2) is 0 Å². The molecule has 1 N–H and O–H groups in total. The van der Waals surface area contributed by atoms with Crippen LogP contribution in [0.15, 0.2) is 85.1 Å². The first-order valence-electron chi connectivity index (χ1n) is 8.79. The molecule has 0 aliphatic rings. The van der Waals surface area contributed by atoms with Crippen LogP contribution in [0.25, 0.3) is 0 Å². The summed E-state index contributed by atoms with van der Waals surface area (Å²) in [6.45, 7) is 2.25. The minimum Gasteiger partial charge on any atom is -0.352 e. The minimum absolute atomic E-state index is 0.0251. The number of carbonyl (C=O) groups excluding carboxylic acids is 1. The van der Waals surface area contributed by atoms with Crippen LogP contribution >= 0.6 is 0 Å². The van der Waals surface area contributed by atoms with E-state index in [0.717, 1.165) is 17.9 Å². The number of carbonyl (C=O) groups is 1. The molecule has 0 saturated heterocycles. The van der Waals surface area contributed by atoms with E-state index in [4.69, 9.17) is 0 Å². The number of aromatic nitrogens is 1. The molecule has 0 aliphatic heterocycles. The summed E-state index contributed by atoms with van der Waals surface area (Å²) < 4.78 is 0. The Hall–Kier alpha value is -3.14. The van der Waals surface area contributed by atoms with Gasteiger partial charge in [-0.15, -0.1) is 0 Å². The monoisotopic (exact) mass is 345 g/mol. The van der Waals surface area contributed by atoms with Crippen molar-refractivity contribution in [2.45, 2.75) is 19.4 Å². The number of amides is 1. The Bertz CT molecular complexity index is 767. The molecule has 4 nitrogen and oxygen atoms in total. The van der Waals surface area contributed by atoms with Gasteiger partial charge in [0.2, 0.25) is 5.91 Å². The molecule has 0 aliphatic carbocycles. The molecule has 0 spiro atoms. The van der Waals surface area contributed by atoms with Crippen LogP contribution in [0.2, 0.25) is 0 Å². The zero-order valence-electron chi connectivity index (χ0n) is 14.9. The molecule has 3 aromatic rings. The van der Waals surface area contributed by atoms with Crippen LogP contribution in [-0.2, 0) is 11.2 Å². The summed E-state index contributed by atoms with van der Waals surface area (Å²) in [6.07, 6.45) is 2.54. The molecule has 0 radical (unpaired) electrons. The lowest BCUT2D eigenvalue weighted by molar-refractivity contribution is -0.120. The highest BCUT2D eigenvalue weighted by molar-refractivity contribution is 5.84. The molecule has 132 valence electrons. The maximum absolute atomic E-state index is 12.6. The van der Waals surface area contributed by atoms with Crippen LogP contribution in [0.3, 0.4) is 0 Å². The van der Waals surface area contributed by atoms with Crippen LogP contribution in [0.5, 0.6) is 0 Å². The van der Waals surface area contributed by atoms with Crippen molar-refractivity contribution in [3.8, 4) is 0 Å². The zero-order chi connectivity index (χ0) is 18.2. The van der Waals surface area contributed by atoms with Gasteiger partial charge in [0.05, 0.1) is 0 Å². The summed E-state index contributed by atoms with van der Waals surface area (Å²) >= 11 is 0. The summed E-state index contributed by atoms with van der Waals surface area (Å²) in [5.74, 6) is 0.729. The smallest absolute Gasteiger partial charge is 0.240 e. The molecule has 0 bridgehead atoms. The first-order chi connectivity index (χ1) is 12.7. The predicted molar refractivity (Wildman–Crippen MR) is 105 cm³/mol. The molecule has 0 saturated carbocycles. The van der Waals surface area contributed by atoms with Crippen molar-refractivity contribution >= 4 is 17.4 Å². The SMILES string of the molecule is CC(Cc1ccccc1)NC(=O)CN(c1ccccc1)c1ccccn1. The van der Waals surface area contributed by atoms with Crippen molar-refractivity contribution < 1.29 is 4.79 Å². The molecule has 4 heteroatoms. The number of nitrogens with zero attached hydrogens (tertiary/aromatic N) is 2. The van der Waals surface area contributed by atoms with E-state index < -0.39 is 0 Å². The van der Waals surface area contributed by atoms with Crippen LogP contribution in [0.4, 0.5) is 11.5 Å². The minimum atomic E-state index is -0.0251. The molecule has 26 heavy (non-hydrogen) atoms. The highest BCUT2D eigenvalue weighted by Gasteiger charge is 2.16. The van der Waals surface area contributed by atoms with Crippen LogP contribution in [-0.4, -0.2) is 23.5 Å². The standard InChI is InChI=1S/C22H23N3O/c1-18(16-19-10-4-2-5-11-19)24-22(26)17-25(20-12-6-3-7-13-20)21-14-8-9-15-23-21/h2-15,18H,16-17H2,1H3,(H,24,26). The van der Waals surface area contributed by atoms with E-state index >= 15 is 0 Å². The number of benzene rings is 2. The molecular weight excluding hydrogens is 322 g/mol. The normalized spacial score (nSPS) is 11.6. The third kappa shape index (κ3) is 4.93. The van der Waals surface area contributed by atoms with Gasteiger partial charge in [0.1, 0.15) is 12.4 Å². The largest absolute Gasteiger partial charge is 0.352 e. The fourth-order valence-corrected chi connectivity index (χ4v) is 2.91.